The second-order valence-corrected chi connectivity index (χ2v) is 2.49. The summed E-state index contributed by atoms with van der Waals surface area (Å²) in [5.74, 6) is 0. The van der Waals surface area contributed by atoms with Crippen molar-refractivity contribution in [2.24, 2.45) is 11.5 Å². The Balaban J connectivity index is 0.000000605. The number of hydrogen-bond donors (Lipinski definition) is 2. The molecule has 0 atom stereocenters. The quantitative estimate of drug-likeness (QED) is 0.478. The molecule has 2 aliphatic rings. The van der Waals surface area contributed by atoms with Gasteiger partial charge in [0.1, 0.15) is 0 Å². The standard InChI is InChI=1S/C8H8N2.2H2O/c9-7-1-5-2-8(10)4-6(5)3-7;;/h1-4H,9-10H2;2*1H2. The van der Waals surface area contributed by atoms with E-state index >= 15 is 0 Å². The molecule has 0 aromatic heterocycles. The van der Waals surface area contributed by atoms with E-state index in [2.05, 4.69) is 0 Å². The molecule has 0 saturated heterocycles. The minimum Gasteiger partial charge on any atom is -0.412 e. The predicted octanol–water partition coefficient (Wildman–Crippen LogP) is -1.10. The highest BCUT2D eigenvalue weighted by Crippen LogP contribution is 2.28. The van der Waals surface area contributed by atoms with Crippen molar-refractivity contribution in [3.63, 3.8) is 0 Å². The molecule has 0 radical (unpaired) electrons. The van der Waals surface area contributed by atoms with E-state index in [0.717, 1.165) is 22.5 Å². The van der Waals surface area contributed by atoms with Crippen molar-refractivity contribution in [1.82, 2.24) is 0 Å². The predicted molar refractivity (Wildman–Crippen MR) is 47.9 cm³/mol. The molecule has 2 aliphatic carbocycles. The molecular weight excluding hydrogens is 156 g/mol. The van der Waals surface area contributed by atoms with E-state index < -0.39 is 0 Å². The molecule has 12 heavy (non-hydrogen) atoms. The molecule has 8 N–H and O–H groups in total. The zero-order valence-corrected chi connectivity index (χ0v) is 6.46. The van der Waals surface area contributed by atoms with Crippen LogP contribution >= 0.6 is 0 Å². The van der Waals surface area contributed by atoms with Gasteiger partial charge >= 0.3 is 0 Å². The first-order chi connectivity index (χ1) is 4.75. The van der Waals surface area contributed by atoms with Crippen LogP contribution in [0.1, 0.15) is 0 Å². The molecule has 4 heteroatoms. The number of rotatable bonds is 0. The Bertz CT molecular complexity index is 279. The van der Waals surface area contributed by atoms with Crippen molar-refractivity contribution in [2.45, 2.75) is 0 Å². The van der Waals surface area contributed by atoms with Gasteiger partial charge in [-0.15, -0.1) is 0 Å². The van der Waals surface area contributed by atoms with Crippen molar-refractivity contribution in [2.75, 3.05) is 0 Å². The first-order valence-corrected chi connectivity index (χ1v) is 3.14. The summed E-state index contributed by atoms with van der Waals surface area (Å²) in [4.78, 5) is 0. The van der Waals surface area contributed by atoms with Gasteiger partial charge in [0.25, 0.3) is 0 Å². The summed E-state index contributed by atoms with van der Waals surface area (Å²) in [6.45, 7) is 0. The van der Waals surface area contributed by atoms with Crippen molar-refractivity contribution < 1.29 is 11.0 Å². The van der Waals surface area contributed by atoms with Crippen molar-refractivity contribution in [3.8, 4) is 0 Å². The molecule has 0 unspecified atom stereocenters. The Morgan fingerprint density at radius 3 is 1.33 bits per heavy atom. The summed E-state index contributed by atoms with van der Waals surface area (Å²) >= 11 is 0. The molecule has 0 heterocycles. The highest BCUT2D eigenvalue weighted by atomic mass is 16.0. The topological polar surface area (TPSA) is 115 Å². The van der Waals surface area contributed by atoms with Gasteiger partial charge in [0, 0.05) is 11.4 Å². The maximum atomic E-state index is 5.54. The van der Waals surface area contributed by atoms with Crippen LogP contribution in [0.3, 0.4) is 0 Å². The Morgan fingerprint density at radius 1 is 0.667 bits per heavy atom. The second-order valence-electron chi connectivity index (χ2n) is 2.49. The van der Waals surface area contributed by atoms with Crippen LogP contribution in [-0.2, 0) is 0 Å². The minimum absolute atomic E-state index is 0. The van der Waals surface area contributed by atoms with E-state index in [0.29, 0.717) is 0 Å². The Hall–Kier alpha value is -1.52. The van der Waals surface area contributed by atoms with Crippen LogP contribution in [0.2, 0.25) is 0 Å². The van der Waals surface area contributed by atoms with Gasteiger partial charge in [-0.1, -0.05) is 0 Å². The van der Waals surface area contributed by atoms with Crippen LogP contribution in [0.4, 0.5) is 0 Å². The summed E-state index contributed by atoms with van der Waals surface area (Å²) in [6, 6.07) is 0. The van der Waals surface area contributed by atoms with Gasteiger partial charge in [0.05, 0.1) is 0 Å². The van der Waals surface area contributed by atoms with E-state index in [1.54, 1.807) is 0 Å². The monoisotopic (exact) mass is 168 g/mol. The van der Waals surface area contributed by atoms with Gasteiger partial charge in [-0.05, 0) is 35.5 Å². The average Bonchev–Trinajstić information content (AvgIpc) is 2.21. The van der Waals surface area contributed by atoms with Crippen molar-refractivity contribution in [3.05, 3.63) is 46.8 Å². The molecule has 0 fully saturated rings. The van der Waals surface area contributed by atoms with Crippen molar-refractivity contribution in [1.29, 1.82) is 0 Å². The molecular formula is C8H12N2O2. The maximum Gasteiger partial charge on any atom is 0.0326 e. The van der Waals surface area contributed by atoms with Gasteiger partial charge in [-0.25, -0.2) is 0 Å². The van der Waals surface area contributed by atoms with Crippen molar-refractivity contribution >= 4 is 0 Å². The highest BCUT2D eigenvalue weighted by molar-refractivity contribution is 5.63. The first kappa shape index (κ1) is 10.5. The van der Waals surface area contributed by atoms with Gasteiger partial charge < -0.3 is 22.4 Å². The summed E-state index contributed by atoms with van der Waals surface area (Å²) in [5.41, 5.74) is 15.0. The molecule has 0 amide bonds. The fourth-order valence-corrected chi connectivity index (χ4v) is 1.22. The Kier molecular flexibility index (Phi) is 2.84. The molecule has 66 valence electrons. The zero-order valence-electron chi connectivity index (χ0n) is 6.46. The molecule has 4 nitrogen and oxygen atoms in total. The Morgan fingerprint density at radius 2 is 1.00 bits per heavy atom. The lowest BCUT2D eigenvalue weighted by molar-refractivity contribution is 0.823. The molecule has 0 spiro atoms. The van der Waals surface area contributed by atoms with E-state index in [4.69, 9.17) is 11.5 Å². The van der Waals surface area contributed by atoms with Crippen LogP contribution in [0.15, 0.2) is 46.8 Å². The smallest absolute Gasteiger partial charge is 0.0326 e. The van der Waals surface area contributed by atoms with Crippen LogP contribution in [0.5, 0.6) is 0 Å². The van der Waals surface area contributed by atoms with Gasteiger partial charge in [0.2, 0.25) is 0 Å². The fourth-order valence-electron chi connectivity index (χ4n) is 1.22. The van der Waals surface area contributed by atoms with E-state index in [-0.39, 0.29) is 11.0 Å². The second kappa shape index (κ2) is 3.25. The number of fused-ring (bicyclic) bond motifs is 1. The summed E-state index contributed by atoms with van der Waals surface area (Å²) in [6.07, 6.45) is 7.69. The zero-order chi connectivity index (χ0) is 7.14. The van der Waals surface area contributed by atoms with Crippen LogP contribution < -0.4 is 11.5 Å². The number of nitrogens with two attached hydrogens (primary N) is 2. The van der Waals surface area contributed by atoms with E-state index in [1.807, 2.05) is 24.3 Å². The first-order valence-electron chi connectivity index (χ1n) is 3.14. The summed E-state index contributed by atoms with van der Waals surface area (Å²) in [5, 5.41) is 0. The lowest BCUT2D eigenvalue weighted by Crippen LogP contribution is -1.90. The van der Waals surface area contributed by atoms with Crippen LogP contribution in [-0.4, -0.2) is 11.0 Å². The van der Waals surface area contributed by atoms with Crippen LogP contribution in [0.25, 0.3) is 0 Å². The maximum absolute atomic E-state index is 5.54. The minimum atomic E-state index is 0. The van der Waals surface area contributed by atoms with E-state index in [1.165, 1.54) is 0 Å². The molecule has 0 saturated carbocycles. The molecule has 2 rings (SSSR count). The number of hydrogen-bond acceptors (Lipinski definition) is 2. The van der Waals surface area contributed by atoms with Crippen LogP contribution in [0, 0.1) is 0 Å². The summed E-state index contributed by atoms with van der Waals surface area (Å²) < 4.78 is 0. The van der Waals surface area contributed by atoms with Gasteiger partial charge in [-0.3, -0.25) is 0 Å². The third-order valence-corrected chi connectivity index (χ3v) is 1.62. The highest BCUT2D eigenvalue weighted by Gasteiger charge is 2.12. The lowest BCUT2D eigenvalue weighted by Gasteiger charge is -1.84. The normalized spacial score (nSPS) is 17.7. The van der Waals surface area contributed by atoms with E-state index in [9.17, 15) is 0 Å². The SMILES string of the molecule is NC1=CC2=CC(N)=CC2=C1.O.O. The summed E-state index contributed by atoms with van der Waals surface area (Å²) in [7, 11) is 0. The third kappa shape index (κ3) is 1.39. The largest absolute Gasteiger partial charge is 0.412 e. The van der Waals surface area contributed by atoms with Gasteiger partial charge in [-0.2, -0.15) is 0 Å². The fraction of sp³-hybridized carbons (Fsp3) is 0. The number of allylic oxidation sites excluding steroid dienone is 6. The average molecular weight is 168 g/mol. The molecule has 0 aliphatic heterocycles. The molecule has 0 bridgehead atoms. The third-order valence-electron chi connectivity index (χ3n) is 1.62. The lowest BCUT2D eigenvalue weighted by atomic mass is 10.2. The molecule has 0 aromatic rings. The molecule has 0 aromatic carbocycles. The Labute approximate surface area is 70.2 Å². The van der Waals surface area contributed by atoms with Gasteiger partial charge in [0.15, 0.2) is 0 Å².